The Morgan fingerprint density at radius 3 is 2.06 bits per heavy atom. The lowest BCUT2D eigenvalue weighted by Crippen LogP contribution is -2.20. The van der Waals surface area contributed by atoms with Crippen LogP contribution in [0.5, 0.6) is 5.75 Å². The van der Waals surface area contributed by atoms with Crippen molar-refractivity contribution >= 4 is 15.9 Å². The minimum absolute atomic E-state index is 0.124. The summed E-state index contributed by atoms with van der Waals surface area (Å²) in [5.74, 6) is -1.25. The molecule has 8 heteroatoms. The van der Waals surface area contributed by atoms with E-state index >= 15 is 0 Å². The monoisotopic (exact) mass is 322 g/mol. The molecule has 0 unspecified atom stereocenters. The summed E-state index contributed by atoms with van der Waals surface area (Å²) in [5, 5.41) is 0.124. The molecule has 0 spiro atoms. The molecule has 0 aliphatic heterocycles. The van der Waals surface area contributed by atoms with Crippen LogP contribution in [0.3, 0.4) is 0 Å². The van der Waals surface area contributed by atoms with E-state index in [-0.39, 0.29) is 10.9 Å². The Hall–Kier alpha value is -0.920. The van der Waals surface area contributed by atoms with Crippen molar-refractivity contribution in [2.24, 2.45) is 0 Å². The zero-order valence-corrected chi connectivity index (χ0v) is 9.58. The van der Waals surface area contributed by atoms with Gasteiger partial charge >= 0.3 is 12.5 Å². The highest BCUT2D eigenvalue weighted by atomic mass is 79.9. The first-order chi connectivity index (χ1) is 7.63. The fourth-order valence-corrected chi connectivity index (χ4v) is 1.44. The lowest BCUT2D eigenvalue weighted by atomic mass is 10.1. The van der Waals surface area contributed by atoms with Gasteiger partial charge in [-0.2, -0.15) is 13.2 Å². The van der Waals surface area contributed by atoms with Gasteiger partial charge in [0, 0.05) is 5.33 Å². The zero-order chi connectivity index (χ0) is 13.3. The van der Waals surface area contributed by atoms with E-state index in [0.29, 0.717) is 12.1 Å². The normalized spacial score (nSPS) is 12.6. The number of alkyl halides is 7. The Bertz CT molecular complexity index is 397. The van der Waals surface area contributed by atoms with Gasteiger partial charge in [-0.3, -0.25) is 0 Å². The number of rotatable bonds is 2. The largest absolute Gasteiger partial charge is 0.573 e. The minimum atomic E-state index is -5.16. The van der Waals surface area contributed by atoms with Gasteiger partial charge in [0.25, 0.3) is 0 Å². The predicted molar refractivity (Wildman–Crippen MR) is 50.8 cm³/mol. The zero-order valence-electron chi connectivity index (χ0n) is 7.99. The molecule has 17 heavy (non-hydrogen) atoms. The molecule has 0 bridgehead atoms. The van der Waals surface area contributed by atoms with Crippen LogP contribution in [0.4, 0.5) is 26.3 Å². The average molecular weight is 323 g/mol. The molecule has 0 radical (unpaired) electrons. The molecule has 0 amide bonds. The van der Waals surface area contributed by atoms with Gasteiger partial charge in [0.15, 0.2) is 0 Å². The van der Waals surface area contributed by atoms with E-state index in [1.807, 2.05) is 0 Å². The van der Waals surface area contributed by atoms with E-state index in [9.17, 15) is 26.3 Å². The number of hydrogen-bond donors (Lipinski definition) is 0. The molecule has 1 nitrogen and oxygen atoms in total. The minimum Gasteiger partial charge on any atom is -0.405 e. The van der Waals surface area contributed by atoms with Crippen LogP contribution in [-0.2, 0) is 11.5 Å². The van der Waals surface area contributed by atoms with Crippen molar-refractivity contribution in [1.29, 1.82) is 0 Å². The predicted octanol–water partition coefficient (Wildman–Crippen LogP) is 4.50. The van der Waals surface area contributed by atoms with Crippen LogP contribution in [0.1, 0.15) is 11.1 Å². The van der Waals surface area contributed by atoms with Crippen LogP contribution in [-0.4, -0.2) is 6.36 Å². The second kappa shape index (κ2) is 4.75. The third-order valence-electron chi connectivity index (χ3n) is 1.73. The molecule has 0 fully saturated rings. The number of hydrogen-bond acceptors (Lipinski definition) is 1. The third kappa shape index (κ3) is 4.10. The molecular formula is C9H5BrF6O. The van der Waals surface area contributed by atoms with Crippen LogP contribution >= 0.6 is 15.9 Å². The quantitative estimate of drug-likeness (QED) is 0.575. The van der Waals surface area contributed by atoms with Crippen molar-refractivity contribution in [3.8, 4) is 5.75 Å². The second-order valence-electron chi connectivity index (χ2n) is 3.01. The van der Waals surface area contributed by atoms with Crippen molar-refractivity contribution < 1.29 is 31.1 Å². The van der Waals surface area contributed by atoms with Gasteiger partial charge in [-0.05, 0) is 17.7 Å². The fraction of sp³-hybridized carbons (Fsp3) is 0.333. The first-order valence-corrected chi connectivity index (χ1v) is 5.27. The smallest absolute Gasteiger partial charge is 0.405 e. The van der Waals surface area contributed by atoms with Gasteiger partial charge in [-0.1, -0.05) is 22.0 Å². The lowest BCUT2D eigenvalue weighted by Gasteiger charge is -2.15. The summed E-state index contributed by atoms with van der Waals surface area (Å²) in [6.07, 6.45) is -10.1. The summed E-state index contributed by atoms with van der Waals surface area (Å²) in [6, 6.07) is 2.32. The SMILES string of the molecule is FC(F)(F)Oc1cc(CBr)ccc1C(F)(F)F. The van der Waals surface area contributed by atoms with Crippen LogP contribution < -0.4 is 4.74 Å². The Morgan fingerprint density at radius 2 is 1.65 bits per heavy atom. The fourth-order valence-electron chi connectivity index (χ4n) is 1.09. The Balaban J connectivity index is 3.22. The van der Waals surface area contributed by atoms with Gasteiger partial charge in [0.05, 0.1) is 5.56 Å². The van der Waals surface area contributed by atoms with Crippen LogP contribution in [0.25, 0.3) is 0 Å². The summed E-state index contributed by atoms with van der Waals surface area (Å²) >= 11 is 2.93. The lowest BCUT2D eigenvalue weighted by molar-refractivity contribution is -0.276. The molecule has 1 aromatic rings. The maximum absolute atomic E-state index is 12.4. The van der Waals surface area contributed by atoms with Crippen molar-refractivity contribution in [1.82, 2.24) is 0 Å². The van der Waals surface area contributed by atoms with Crippen LogP contribution in [0, 0.1) is 0 Å². The first kappa shape index (κ1) is 14.1. The van der Waals surface area contributed by atoms with Crippen molar-refractivity contribution in [2.45, 2.75) is 17.9 Å². The summed E-state index contributed by atoms with van der Waals surface area (Å²) in [5.41, 5.74) is -1.21. The highest BCUT2D eigenvalue weighted by Gasteiger charge is 2.39. The molecule has 0 heterocycles. The molecule has 0 N–H and O–H groups in total. The van der Waals surface area contributed by atoms with Gasteiger partial charge in [-0.25, -0.2) is 0 Å². The topological polar surface area (TPSA) is 9.23 Å². The molecule has 0 saturated heterocycles. The van der Waals surface area contributed by atoms with Crippen LogP contribution in [0.2, 0.25) is 0 Å². The van der Waals surface area contributed by atoms with Gasteiger partial charge in [0.1, 0.15) is 5.75 Å². The Morgan fingerprint density at radius 1 is 1.06 bits per heavy atom. The van der Waals surface area contributed by atoms with E-state index in [1.54, 1.807) is 0 Å². The Kier molecular flexibility index (Phi) is 3.95. The molecule has 1 rings (SSSR count). The molecular weight excluding hydrogens is 318 g/mol. The molecule has 0 saturated carbocycles. The van der Waals surface area contributed by atoms with Crippen molar-refractivity contribution in [3.63, 3.8) is 0 Å². The molecule has 0 aromatic heterocycles. The summed E-state index contributed by atoms with van der Waals surface area (Å²) in [6.45, 7) is 0. The molecule has 1 aromatic carbocycles. The van der Waals surface area contributed by atoms with E-state index in [2.05, 4.69) is 20.7 Å². The van der Waals surface area contributed by atoms with E-state index < -0.39 is 23.9 Å². The first-order valence-electron chi connectivity index (χ1n) is 4.15. The van der Waals surface area contributed by atoms with Gasteiger partial charge in [-0.15, -0.1) is 13.2 Å². The number of benzene rings is 1. The summed E-state index contributed by atoms with van der Waals surface area (Å²) < 4.78 is 76.4. The molecule has 0 aliphatic carbocycles. The summed E-state index contributed by atoms with van der Waals surface area (Å²) in [7, 11) is 0. The average Bonchev–Trinajstić information content (AvgIpc) is 2.13. The highest BCUT2D eigenvalue weighted by molar-refractivity contribution is 9.08. The maximum atomic E-state index is 12.4. The maximum Gasteiger partial charge on any atom is 0.573 e. The molecule has 0 atom stereocenters. The molecule has 96 valence electrons. The van der Waals surface area contributed by atoms with Gasteiger partial charge in [0.2, 0.25) is 0 Å². The second-order valence-corrected chi connectivity index (χ2v) is 3.57. The number of ether oxygens (including phenoxy) is 1. The highest BCUT2D eigenvalue weighted by Crippen LogP contribution is 2.39. The van der Waals surface area contributed by atoms with Crippen molar-refractivity contribution in [2.75, 3.05) is 0 Å². The number of halogens is 7. The standard InChI is InChI=1S/C9H5BrF6O/c10-4-5-1-2-6(8(11,12)13)7(3-5)17-9(14,15)16/h1-3H,4H2. The van der Waals surface area contributed by atoms with Crippen LogP contribution in [0.15, 0.2) is 18.2 Å². The Labute approximate surface area is 101 Å². The van der Waals surface area contributed by atoms with E-state index in [4.69, 9.17) is 0 Å². The van der Waals surface area contributed by atoms with Crippen molar-refractivity contribution in [3.05, 3.63) is 29.3 Å². The van der Waals surface area contributed by atoms with Gasteiger partial charge < -0.3 is 4.74 Å². The summed E-state index contributed by atoms with van der Waals surface area (Å²) in [4.78, 5) is 0. The third-order valence-corrected chi connectivity index (χ3v) is 2.38. The molecule has 0 aliphatic rings. The van der Waals surface area contributed by atoms with E-state index in [0.717, 1.165) is 6.07 Å². The van der Waals surface area contributed by atoms with E-state index in [1.165, 1.54) is 0 Å².